The van der Waals surface area contributed by atoms with Crippen LogP contribution in [0, 0.1) is 24.5 Å². The molecule has 1 aliphatic heterocycles. The summed E-state index contributed by atoms with van der Waals surface area (Å²) in [6.07, 6.45) is 2.02. The number of rotatable bonds is 6. The summed E-state index contributed by atoms with van der Waals surface area (Å²) in [5, 5.41) is 0.539. The number of hydrogen-bond acceptors (Lipinski definition) is 6. The van der Waals surface area contributed by atoms with Gasteiger partial charge in [0.15, 0.2) is 5.13 Å². The van der Waals surface area contributed by atoms with Crippen LogP contribution in [0.15, 0.2) is 64.1 Å². The number of piperidine rings is 1. The number of sulfonamides is 1. The van der Waals surface area contributed by atoms with Gasteiger partial charge in [0.25, 0.3) is 0 Å². The molecule has 1 amide bonds. The van der Waals surface area contributed by atoms with Crippen molar-refractivity contribution < 1.29 is 26.4 Å². The smallest absolute Gasteiger partial charge is 0.246 e. The zero-order valence-corrected chi connectivity index (χ0v) is 21.0. The Balaban J connectivity index is 1.37. The van der Waals surface area contributed by atoms with Crippen molar-refractivity contribution in [3.63, 3.8) is 0 Å². The molecule has 0 radical (unpaired) electrons. The monoisotopic (exact) mass is 531 g/mol. The number of para-hydroxylation sites is 1. The third-order valence-electron chi connectivity index (χ3n) is 6.31. The molecular formula is C25H23F2N3O4S2. The molecule has 7 nitrogen and oxygen atoms in total. The summed E-state index contributed by atoms with van der Waals surface area (Å²) in [6.45, 7) is 2.18. The number of amides is 1. The van der Waals surface area contributed by atoms with E-state index >= 15 is 0 Å². The normalized spacial score (nSPS) is 15.4. The molecule has 0 atom stereocenters. The van der Waals surface area contributed by atoms with E-state index in [9.17, 15) is 22.0 Å². The molecule has 4 aromatic rings. The summed E-state index contributed by atoms with van der Waals surface area (Å²) in [6, 6.07) is 11.7. The predicted octanol–water partition coefficient (Wildman–Crippen LogP) is 5.11. The largest absolute Gasteiger partial charge is 0.467 e. The molecule has 2 aromatic carbocycles. The lowest BCUT2D eigenvalue weighted by molar-refractivity contribution is -0.123. The van der Waals surface area contributed by atoms with E-state index < -0.39 is 32.5 Å². The van der Waals surface area contributed by atoms with E-state index in [1.54, 1.807) is 17.0 Å². The summed E-state index contributed by atoms with van der Waals surface area (Å²) >= 11 is 1.41. The maximum Gasteiger partial charge on any atom is 0.246 e. The number of carbonyl (C=O) groups is 1. The van der Waals surface area contributed by atoms with Crippen molar-refractivity contribution >= 4 is 42.6 Å². The summed E-state index contributed by atoms with van der Waals surface area (Å²) in [5.74, 6) is -1.89. The van der Waals surface area contributed by atoms with E-state index in [1.165, 1.54) is 17.6 Å². The number of halogens is 2. The van der Waals surface area contributed by atoms with Gasteiger partial charge in [-0.3, -0.25) is 9.69 Å². The van der Waals surface area contributed by atoms with Crippen LogP contribution < -0.4 is 4.90 Å². The van der Waals surface area contributed by atoms with Gasteiger partial charge in [-0.15, -0.1) is 0 Å². The molecule has 0 saturated carbocycles. The highest BCUT2D eigenvalue weighted by atomic mass is 32.2. The molecule has 1 saturated heterocycles. The number of benzene rings is 2. The second-order valence-corrected chi connectivity index (χ2v) is 11.6. The number of anilines is 1. The first-order valence-electron chi connectivity index (χ1n) is 11.4. The third kappa shape index (κ3) is 4.65. The lowest BCUT2D eigenvalue weighted by Gasteiger charge is -2.32. The lowest BCUT2D eigenvalue weighted by Crippen LogP contribution is -2.44. The molecule has 188 valence electrons. The van der Waals surface area contributed by atoms with Gasteiger partial charge in [0.2, 0.25) is 15.9 Å². The van der Waals surface area contributed by atoms with Crippen LogP contribution in [0.5, 0.6) is 0 Å². The van der Waals surface area contributed by atoms with Crippen molar-refractivity contribution in [2.75, 3.05) is 18.0 Å². The van der Waals surface area contributed by atoms with Gasteiger partial charge in [-0.25, -0.2) is 22.2 Å². The Bertz CT molecular complexity index is 1510. The van der Waals surface area contributed by atoms with Gasteiger partial charge in [0, 0.05) is 19.0 Å². The number of carbonyl (C=O) groups excluding carboxylic acids is 1. The number of nitrogens with zero attached hydrogens (tertiary/aromatic N) is 3. The quantitative estimate of drug-likeness (QED) is 0.345. The van der Waals surface area contributed by atoms with Crippen LogP contribution in [-0.2, 0) is 21.4 Å². The molecule has 1 fully saturated rings. The molecule has 5 rings (SSSR count). The minimum Gasteiger partial charge on any atom is -0.467 e. The number of thiazole rings is 1. The highest BCUT2D eigenvalue weighted by Gasteiger charge is 2.36. The van der Waals surface area contributed by atoms with E-state index in [4.69, 9.17) is 9.40 Å². The third-order valence-corrected chi connectivity index (χ3v) is 9.27. The van der Waals surface area contributed by atoms with Gasteiger partial charge in [-0.05, 0) is 61.7 Å². The predicted molar refractivity (Wildman–Crippen MR) is 132 cm³/mol. The number of furan rings is 1. The van der Waals surface area contributed by atoms with Crippen LogP contribution in [0.25, 0.3) is 10.2 Å². The molecule has 1 aliphatic rings. The molecular weight excluding hydrogens is 508 g/mol. The van der Waals surface area contributed by atoms with Crippen LogP contribution >= 0.6 is 11.3 Å². The first-order chi connectivity index (χ1) is 17.2. The van der Waals surface area contributed by atoms with Gasteiger partial charge in [-0.2, -0.15) is 4.31 Å². The first kappa shape index (κ1) is 24.5. The fourth-order valence-electron chi connectivity index (χ4n) is 4.37. The van der Waals surface area contributed by atoms with Gasteiger partial charge in [-0.1, -0.05) is 23.5 Å². The molecule has 2 aromatic heterocycles. The van der Waals surface area contributed by atoms with Crippen LogP contribution in [0.1, 0.15) is 24.2 Å². The van der Waals surface area contributed by atoms with Gasteiger partial charge >= 0.3 is 0 Å². The van der Waals surface area contributed by atoms with E-state index in [-0.39, 0.29) is 38.4 Å². The maximum absolute atomic E-state index is 14.2. The topological polar surface area (TPSA) is 83.7 Å². The average molecular weight is 532 g/mol. The SMILES string of the molecule is Cc1cccc2sc(N(Cc3ccco3)C(=O)C3CCN(S(=O)(=O)c4cc(F)ccc4F)CC3)nc12. The van der Waals surface area contributed by atoms with Gasteiger partial charge < -0.3 is 4.42 Å². The van der Waals surface area contributed by atoms with Crippen molar-refractivity contribution in [2.24, 2.45) is 5.92 Å². The lowest BCUT2D eigenvalue weighted by atomic mass is 9.96. The maximum atomic E-state index is 14.2. The molecule has 0 aliphatic carbocycles. The van der Waals surface area contributed by atoms with Crippen molar-refractivity contribution in [1.82, 2.24) is 9.29 Å². The van der Waals surface area contributed by atoms with Crippen molar-refractivity contribution in [3.05, 3.63) is 77.8 Å². The zero-order chi connectivity index (χ0) is 25.4. The van der Waals surface area contributed by atoms with E-state index in [0.717, 1.165) is 32.2 Å². The summed E-state index contributed by atoms with van der Waals surface area (Å²) in [7, 11) is -4.23. The van der Waals surface area contributed by atoms with Crippen LogP contribution in [0.2, 0.25) is 0 Å². The van der Waals surface area contributed by atoms with Crippen molar-refractivity contribution in [3.8, 4) is 0 Å². The highest BCUT2D eigenvalue weighted by molar-refractivity contribution is 7.89. The Morgan fingerprint density at radius 3 is 2.64 bits per heavy atom. The molecule has 3 heterocycles. The fraction of sp³-hybridized carbons (Fsp3) is 0.280. The number of aromatic nitrogens is 1. The van der Waals surface area contributed by atoms with Crippen LogP contribution in [-0.4, -0.2) is 36.7 Å². The van der Waals surface area contributed by atoms with Gasteiger partial charge in [0.05, 0.1) is 23.0 Å². The average Bonchev–Trinajstić information content (AvgIpc) is 3.54. The standard InChI is InChI=1S/C25H23F2N3O4S2/c1-16-4-2-6-21-23(16)28-25(35-21)30(15-19-5-3-13-34-19)24(31)17-9-11-29(12-10-17)36(32,33)22-14-18(26)7-8-20(22)27/h2-8,13-14,17H,9-12,15H2,1H3. The Kier molecular flexibility index (Phi) is 6.62. The number of hydrogen-bond donors (Lipinski definition) is 0. The minimum absolute atomic E-state index is 0.0161. The van der Waals surface area contributed by atoms with E-state index in [1.807, 2.05) is 25.1 Å². The Hall–Kier alpha value is -3.15. The van der Waals surface area contributed by atoms with Crippen LogP contribution in [0.3, 0.4) is 0 Å². The second kappa shape index (κ2) is 9.72. The fourth-order valence-corrected chi connectivity index (χ4v) is 6.96. The summed E-state index contributed by atoms with van der Waals surface area (Å²) < 4.78 is 61.2. The minimum atomic E-state index is -4.23. The van der Waals surface area contributed by atoms with Crippen molar-refractivity contribution in [1.29, 1.82) is 0 Å². The number of fused-ring (bicyclic) bond motifs is 1. The molecule has 36 heavy (non-hydrogen) atoms. The number of aryl methyl sites for hydroxylation is 1. The van der Waals surface area contributed by atoms with Crippen molar-refractivity contribution in [2.45, 2.75) is 31.2 Å². The molecule has 0 N–H and O–H groups in total. The first-order valence-corrected chi connectivity index (χ1v) is 13.6. The molecule has 11 heteroatoms. The zero-order valence-electron chi connectivity index (χ0n) is 19.4. The Morgan fingerprint density at radius 1 is 1.17 bits per heavy atom. The Labute approximate surface area is 211 Å². The molecule has 0 bridgehead atoms. The highest BCUT2D eigenvalue weighted by Crippen LogP contribution is 2.34. The summed E-state index contributed by atoms with van der Waals surface area (Å²) in [4.78, 5) is 19.3. The second-order valence-electron chi connectivity index (χ2n) is 8.67. The summed E-state index contributed by atoms with van der Waals surface area (Å²) in [5.41, 5.74) is 1.83. The van der Waals surface area contributed by atoms with E-state index in [2.05, 4.69) is 0 Å². The van der Waals surface area contributed by atoms with Crippen LogP contribution in [0.4, 0.5) is 13.9 Å². The Morgan fingerprint density at radius 2 is 1.94 bits per heavy atom. The molecule has 0 spiro atoms. The van der Waals surface area contributed by atoms with E-state index in [0.29, 0.717) is 17.0 Å². The molecule has 0 unspecified atom stereocenters. The van der Waals surface area contributed by atoms with Gasteiger partial charge in [0.1, 0.15) is 22.3 Å².